The molecular weight excluding hydrogens is 877 g/mol. The molecule has 21 nitrogen and oxygen atoms in total. The van der Waals surface area contributed by atoms with Crippen molar-refractivity contribution in [2.75, 3.05) is 37.4 Å². The van der Waals surface area contributed by atoms with Gasteiger partial charge >= 0.3 is 12.1 Å². The number of aryl methyl sites for hydroxylation is 4. The van der Waals surface area contributed by atoms with Crippen LogP contribution in [-0.4, -0.2) is 111 Å². The number of amides is 4. The summed E-state index contributed by atoms with van der Waals surface area (Å²) in [6, 6.07) is 9.11. The number of likely N-dealkylation sites (tertiary alicyclic amines) is 1. The molecule has 0 spiro atoms. The average molecular weight is 931 g/mol. The van der Waals surface area contributed by atoms with E-state index in [1.54, 1.807) is 61.5 Å². The maximum absolute atomic E-state index is 13.9. The van der Waals surface area contributed by atoms with E-state index in [2.05, 4.69) is 37.7 Å². The standard InChI is InChI=1S/C47H54N12O9/c1-9-58-34(19-27(3)53-58)41(61)51-44-50-33-22-31(43(63)64)24-36(66-8)38(33)56(44)16-12-13-17-57-39-32(49-45(57)52-42(62)35-20-28(4)54-59(35)10-2)21-30(40(48)60)23-37(39)67-18-14-11-15-29-25-55(26-29)46(65)68-47(5,6)7/h12-13,19-24,29H,9-10,15-18,25-26H2,1-8H3,(H2,48,60)(H,63,64)(H,49,52,62)(H,50,51,61). The van der Waals surface area contributed by atoms with Crippen LogP contribution in [0.4, 0.5) is 16.7 Å². The molecule has 6 aromatic rings. The van der Waals surface area contributed by atoms with Gasteiger partial charge in [0.15, 0.2) is 0 Å². The van der Waals surface area contributed by atoms with Crippen molar-refractivity contribution in [2.45, 2.75) is 86.7 Å². The number of nitrogens with two attached hydrogens (primary N) is 1. The van der Waals surface area contributed by atoms with E-state index in [9.17, 15) is 29.1 Å². The number of imidazole rings is 2. The predicted molar refractivity (Wildman–Crippen MR) is 251 cm³/mol. The van der Waals surface area contributed by atoms with Gasteiger partial charge in [0.2, 0.25) is 17.8 Å². The number of aromatic carboxylic acids is 1. The van der Waals surface area contributed by atoms with Gasteiger partial charge in [0, 0.05) is 57.2 Å². The molecular formula is C47H54N12O9. The Morgan fingerprint density at radius 1 is 0.794 bits per heavy atom. The first-order valence-electron chi connectivity index (χ1n) is 22.0. The van der Waals surface area contributed by atoms with Gasteiger partial charge in [0.1, 0.15) is 46.1 Å². The fourth-order valence-corrected chi connectivity index (χ4v) is 7.72. The molecule has 7 rings (SSSR count). The Morgan fingerprint density at radius 2 is 1.31 bits per heavy atom. The van der Waals surface area contributed by atoms with Crippen molar-refractivity contribution in [1.82, 2.24) is 43.6 Å². The Bertz CT molecular complexity index is 3040. The Morgan fingerprint density at radius 3 is 1.79 bits per heavy atom. The van der Waals surface area contributed by atoms with Crippen molar-refractivity contribution >= 4 is 63.7 Å². The SMILES string of the molecule is CCn1nc(C)cc1C(=O)Nc1nc2cc(C(=O)O)cc(OC)c2n1CC=CCn1c(NC(=O)c2cc(C)nn2CC)nc2cc(C(N)=O)cc(OCC#CCC3CN(C(=O)OC(C)(C)C)C3)c21. The third-order valence-corrected chi connectivity index (χ3v) is 10.9. The highest BCUT2D eigenvalue weighted by Gasteiger charge is 2.33. The van der Waals surface area contributed by atoms with Gasteiger partial charge in [-0.3, -0.25) is 34.4 Å². The Hall–Kier alpha value is -8.15. The lowest BCUT2D eigenvalue weighted by atomic mass is 9.97. The van der Waals surface area contributed by atoms with Crippen LogP contribution in [0.2, 0.25) is 0 Å². The molecule has 0 aliphatic carbocycles. The summed E-state index contributed by atoms with van der Waals surface area (Å²) in [7, 11) is 1.41. The van der Waals surface area contributed by atoms with Gasteiger partial charge in [-0.25, -0.2) is 19.6 Å². The number of rotatable bonds is 16. The highest BCUT2D eigenvalue weighted by atomic mass is 16.6. The number of hydrogen-bond donors (Lipinski definition) is 4. The number of anilines is 2. The average Bonchev–Trinajstić information content (AvgIpc) is 4.03. The van der Waals surface area contributed by atoms with Crippen LogP contribution >= 0.6 is 0 Å². The molecule has 5 N–H and O–H groups in total. The second-order valence-electron chi connectivity index (χ2n) is 17.1. The molecule has 4 amide bonds. The van der Waals surface area contributed by atoms with Crippen LogP contribution < -0.4 is 25.8 Å². The minimum absolute atomic E-state index is 0.0562. The van der Waals surface area contributed by atoms with Crippen LogP contribution in [0.15, 0.2) is 48.6 Å². The van der Waals surface area contributed by atoms with Crippen molar-refractivity contribution < 1.29 is 43.3 Å². The normalized spacial score (nSPS) is 12.8. The molecule has 2 aromatic carbocycles. The summed E-state index contributed by atoms with van der Waals surface area (Å²) in [6.07, 6.45) is 3.76. The fraction of sp³-hybridized carbons (Fsp3) is 0.383. The first-order valence-corrected chi connectivity index (χ1v) is 22.0. The molecule has 0 radical (unpaired) electrons. The Kier molecular flexibility index (Phi) is 13.9. The van der Waals surface area contributed by atoms with E-state index < -0.39 is 29.3 Å². The third-order valence-electron chi connectivity index (χ3n) is 10.9. The number of carbonyl (C=O) groups is 5. The van der Waals surface area contributed by atoms with Crippen LogP contribution in [0.5, 0.6) is 11.5 Å². The second kappa shape index (κ2) is 19.8. The summed E-state index contributed by atoms with van der Waals surface area (Å²) in [4.78, 5) is 75.6. The highest BCUT2D eigenvalue weighted by molar-refractivity contribution is 6.05. The molecule has 0 unspecified atom stereocenters. The monoisotopic (exact) mass is 930 g/mol. The van der Waals surface area contributed by atoms with Crippen molar-refractivity contribution in [2.24, 2.45) is 11.7 Å². The molecule has 1 aliphatic heterocycles. The van der Waals surface area contributed by atoms with E-state index in [0.717, 1.165) is 0 Å². The van der Waals surface area contributed by atoms with E-state index in [1.165, 1.54) is 31.4 Å². The lowest BCUT2D eigenvalue weighted by molar-refractivity contribution is -0.000280. The fourth-order valence-electron chi connectivity index (χ4n) is 7.72. The van der Waals surface area contributed by atoms with E-state index in [-0.39, 0.29) is 71.7 Å². The van der Waals surface area contributed by atoms with E-state index in [4.69, 9.17) is 24.9 Å². The molecule has 0 saturated carbocycles. The molecule has 1 fully saturated rings. The number of allylic oxidation sites excluding steroid dienone is 2. The first kappa shape index (κ1) is 47.8. The molecule has 1 saturated heterocycles. The zero-order chi connectivity index (χ0) is 49.0. The number of fused-ring (bicyclic) bond motifs is 2. The van der Waals surface area contributed by atoms with Crippen molar-refractivity contribution in [3.05, 3.63) is 82.5 Å². The number of ether oxygens (including phenoxy) is 3. The number of aromatic nitrogens is 8. The van der Waals surface area contributed by atoms with E-state index in [0.29, 0.717) is 71.9 Å². The topological polar surface area (TPSA) is 258 Å². The third kappa shape index (κ3) is 10.4. The number of carbonyl (C=O) groups excluding carboxylic acids is 4. The minimum atomic E-state index is -1.18. The molecule has 356 valence electrons. The number of benzene rings is 2. The van der Waals surface area contributed by atoms with Crippen molar-refractivity contribution in [1.29, 1.82) is 0 Å². The van der Waals surface area contributed by atoms with Gasteiger partial charge in [-0.2, -0.15) is 10.2 Å². The molecule has 5 heterocycles. The summed E-state index contributed by atoms with van der Waals surface area (Å²) >= 11 is 0. The summed E-state index contributed by atoms with van der Waals surface area (Å²) in [5.74, 6) is 4.16. The van der Waals surface area contributed by atoms with Gasteiger partial charge in [-0.05, 0) is 84.9 Å². The van der Waals surface area contributed by atoms with Gasteiger partial charge in [0.05, 0.1) is 35.1 Å². The summed E-state index contributed by atoms with van der Waals surface area (Å²) < 4.78 is 23.9. The predicted octanol–water partition coefficient (Wildman–Crippen LogP) is 5.64. The van der Waals surface area contributed by atoms with Gasteiger partial charge in [0.25, 0.3) is 11.8 Å². The molecule has 21 heteroatoms. The minimum Gasteiger partial charge on any atom is -0.494 e. The van der Waals surface area contributed by atoms with Gasteiger partial charge in [-0.1, -0.05) is 24.0 Å². The molecule has 4 aromatic heterocycles. The number of hydrogen-bond acceptors (Lipinski definition) is 12. The first-order chi connectivity index (χ1) is 32.4. The molecule has 1 aliphatic rings. The van der Waals surface area contributed by atoms with Crippen molar-refractivity contribution in [3.8, 4) is 23.3 Å². The quantitative estimate of drug-likeness (QED) is 0.0678. The lowest BCUT2D eigenvalue weighted by Gasteiger charge is -2.39. The van der Waals surface area contributed by atoms with Crippen LogP contribution in [0, 0.1) is 31.6 Å². The summed E-state index contributed by atoms with van der Waals surface area (Å²) in [5.41, 5.74) is 8.59. The molecule has 0 bridgehead atoms. The zero-order valence-corrected chi connectivity index (χ0v) is 39.2. The van der Waals surface area contributed by atoms with E-state index >= 15 is 0 Å². The number of nitrogens with one attached hydrogen (secondary N) is 2. The van der Waals surface area contributed by atoms with Crippen LogP contribution in [-0.2, 0) is 30.9 Å². The van der Waals surface area contributed by atoms with Crippen LogP contribution in [0.25, 0.3) is 22.1 Å². The maximum Gasteiger partial charge on any atom is 0.410 e. The molecule has 68 heavy (non-hydrogen) atoms. The number of nitrogens with zero attached hydrogens (tertiary/aromatic N) is 9. The zero-order valence-electron chi connectivity index (χ0n) is 39.2. The number of carboxylic acid groups (broad SMARTS) is 1. The van der Waals surface area contributed by atoms with Crippen LogP contribution in [0.3, 0.4) is 0 Å². The van der Waals surface area contributed by atoms with E-state index in [1.807, 2.05) is 34.6 Å². The number of carboxylic acids is 1. The van der Waals surface area contributed by atoms with Gasteiger partial charge in [-0.15, -0.1) is 0 Å². The molecule has 0 atom stereocenters. The summed E-state index contributed by atoms with van der Waals surface area (Å²) in [5, 5.41) is 24.4. The Labute approximate surface area is 391 Å². The summed E-state index contributed by atoms with van der Waals surface area (Å²) in [6.45, 7) is 14.8. The second-order valence-corrected chi connectivity index (χ2v) is 17.1. The number of primary amides is 1. The Balaban J connectivity index is 1.21. The highest BCUT2D eigenvalue weighted by Crippen LogP contribution is 2.33. The lowest BCUT2D eigenvalue weighted by Crippen LogP contribution is -2.51. The smallest absolute Gasteiger partial charge is 0.410 e. The van der Waals surface area contributed by atoms with Gasteiger partial charge < -0.3 is 39.1 Å². The maximum atomic E-state index is 13.9. The number of methoxy groups -OCH3 is 1. The largest absolute Gasteiger partial charge is 0.494 e. The van der Waals surface area contributed by atoms with Crippen LogP contribution in [0.1, 0.15) is 94.1 Å². The van der Waals surface area contributed by atoms with Crippen molar-refractivity contribution in [3.63, 3.8) is 0 Å².